The van der Waals surface area contributed by atoms with Gasteiger partial charge in [0, 0.05) is 37.4 Å². The zero-order valence-corrected chi connectivity index (χ0v) is 18.0. The molecule has 2 aromatic heterocycles. The lowest BCUT2D eigenvalue weighted by molar-refractivity contribution is -0.118. The van der Waals surface area contributed by atoms with Crippen LogP contribution in [0, 0.1) is 5.92 Å². The van der Waals surface area contributed by atoms with Gasteiger partial charge in [0.2, 0.25) is 0 Å². The Bertz CT molecular complexity index is 1230. The number of anilines is 1. The highest BCUT2D eigenvalue weighted by Gasteiger charge is 2.37. The van der Waals surface area contributed by atoms with Gasteiger partial charge in [0.05, 0.1) is 0 Å². The molecule has 2 aliphatic rings. The fourth-order valence-electron chi connectivity index (χ4n) is 4.71. The van der Waals surface area contributed by atoms with Crippen LogP contribution in [0.25, 0.3) is 0 Å². The molecule has 1 aromatic carbocycles. The molecule has 8 heteroatoms. The molecule has 2 aliphatic heterocycles. The van der Waals surface area contributed by atoms with Crippen molar-refractivity contribution in [1.82, 2.24) is 14.5 Å². The normalized spacial score (nSPS) is 18.8. The third-order valence-corrected chi connectivity index (χ3v) is 6.16. The summed E-state index contributed by atoms with van der Waals surface area (Å²) in [6.07, 6.45) is 2.55. The Labute approximate surface area is 190 Å². The number of para-hydroxylation sites is 1. The minimum absolute atomic E-state index is 0.0732. The summed E-state index contributed by atoms with van der Waals surface area (Å²) in [6, 6.07) is 17.9. The molecule has 1 fully saturated rings. The van der Waals surface area contributed by atoms with E-state index in [4.69, 9.17) is 4.74 Å². The van der Waals surface area contributed by atoms with Gasteiger partial charge >= 0.3 is 0 Å². The number of benzene rings is 1. The first-order valence-corrected chi connectivity index (χ1v) is 11.0. The van der Waals surface area contributed by atoms with E-state index in [1.54, 1.807) is 47.2 Å². The second-order valence-corrected chi connectivity index (χ2v) is 8.46. The highest BCUT2D eigenvalue weighted by atomic mass is 16.5. The Kier molecular flexibility index (Phi) is 5.64. The molecular weight excluding hydrogens is 420 g/mol. The third kappa shape index (κ3) is 4.37. The van der Waals surface area contributed by atoms with Crippen molar-refractivity contribution in [2.45, 2.75) is 18.9 Å². The molecule has 4 heterocycles. The van der Waals surface area contributed by atoms with Crippen LogP contribution in [0.15, 0.2) is 71.7 Å². The lowest BCUT2D eigenvalue weighted by Gasteiger charge is -2.42. The van der Waals surface area contributed by atoms with Gasteiger partial charge in [-0.2, -0.15) is 0 Å². The van der Waals surface area contributed by atoms with E-state index >= 15 is 0 Å². The molecule has 0 saturated carbocycles. The molecule has 2 atom stereocenters. The minimum Gasteiger partial charge on any atom is -0.484 e. The Hall–Kier alpha value is -3.94. The summed E-state index contributed by atoms with van der Waals surface area (Å²) >= 11 is 0. The van der Waals surface area contributed by atoms with Crippen LogP contribution in [0.2, 0.25) is 0 Å². The highest BCUT2D eigenvalue weighted by molar-refractivity contribution is 5.92. The molecule has 0 radical (unpaired) electrons. The van der Waals surface area contributed by atoms with Gasteiger partial charge in [-0.3, -0.25) is 19.4 Å². The van der Waals surface area contributed by atoms with Crippen molar-refractivity contribution in [1.29, 1.82) is 0 Å². The molecule has 0 spiro atoms. The van der Waals surface area contributed by atoms with Gasteiger partial charge in [-0.15, -0.1) is 0 Å². The molecule has 168 valence electrons. The van der Waals surface area contributed by atoms with E-state index in [0.29, 0.717) is 31.1 Å². The monoisotopic (exact) mass is 444 g/mol. The summed E-state index contributed by atoms with van der Waals surface area (Å²) in [4.78, 5) is 44.3. The standard InChI is InChI=1S/C25H24N4O4/c30-23(16-33-19-6-2-1-3-7-19)27-21-9-10-22-18-12-17(14-29(22)25(21)32)13-28(15-18)24(31)20-8-4-5-11-26-20/h1-11,17-18H,12-16H2,(H,27,30)/t17-,18-/m1/s1. The van der Waals surface area contributed by atoms with Crippen LogP contribution in [0.5, 0.6) is 5.75 Å². The van der Waals surface area contributed by atoms with E-state index in [1.807, 2.05) is 29.2 Å². The van der Waals surface area contributed by atoms with E-state index in [9.17, 15) is 14.4 Å². The summed E-state index contributed by atoms with van der Waals surface area (Å²) < 4.78 is 7.21. The number of hydrogen-bond donors (Lipinski definition) is 1. The van der Waals surface area contributed by atoms with Crippen LogP contribution in [-0.2, 0) is 11.3 Å². The van der Waals surface area contributed by atoms with Crippen molar-refractivity contribution in [2.24, 2.45) is 5.92 Å². The van der Waals surface area contributed by atoms with Gasteiger partial charge in [-0.1, -0.05) is 24.3 Å². The lowest BCUT2D eigenvalue weighted by atomic mass is 9.83. The maximum absolute atomic E-state index is 13.1. The second kappa shape index (κ2) is 8.90. The second-order valence-electron chi connectivity index (χ2n) is 8.46. The molecular formula is C25H24N4O4. The number of carbonyl (C=O) groups is 2. The van der Waals surface area contributed by atoms with Crippen molar-refractivity contribution < 1.29 is 14.3 Å². The molecule has 3 aromatic rings. The zero-order valence-electron chi connectivity index (χ0n) is 18.0. The van der Waals surface area contributed by atoms with Crippen molar-refractivity contribution >= 4 is 17.5 Å². The third-order valence-electron chi connectivity index (χ3n) is 6.16. The number of nitrogens with zero attached hydrogens (tertiary/aromatic N) is 3. The summed E-state index contributed by atoms with van der Waals surface area (Å²) in [7, 11) is 0. The molecule has 33 heavy (non-hydrogen) atoms. The Morgan fingerprint density at radius 1 is 1.00 bits per heavy atom. The number of carbonyl (C=O) groups excluding carboxylic acids is 2. The van der Waals surface area contributed by atoms with Gasteiger partial charge in [0.25, 0.3) is 17.4 Å². The van der Waals surface area contributed by atoms with E-state index in [1.165, 1.54) is 0 Å². The quantitative estimate of drug-likeness (QED) is 0.653. The van der Waals surface area contributed by atoms with Crippen molar-refractivity contribution in [3.8, 4) is 5.75 Å². The topological polar surface area (TPSA) is 93.5 Å². The SMILES string of the molecule is O=C(COc1ccccc1)Nc1ccc2n(c1=O)C[C@@H]1C[C@@H]2CN(C(=O)c2ccccn2)C1. The molecule has 2 amide bonds. The predicted molar refractivity (Wildman–Crippen MR) is 122 cm³/mol. The first kappa shape index (κ1) is 20.9. The van der Waals surface area contributed by atoms with E-state index in [-0.39, 0.29) is 41.5 Å². The lowest BCUT2D eigenvalue weighted by Crippen LogP contribution is -2.49. The van der Waals surface area contributed by atoms with Crippen molar-refractivity contribution in [3.05, 3.63) is 88.6 Å². The average Bonchev–Trinajstić information content (AvgIpc) is 2.85. The number of likely N-dealkylation sites (tertiary alicyclic amines) is 1. The summed E-state index contributed by atoms with van der Waals surface area (Å²) in [5.41, 5.74) is 1.35. The van der Waals surface area contributed by atoms with Crippen LogP contribution in [-0.4, -0.2) is 46.0 Å². The van der Waals surface area contributed by atoms with Gasteiger partial charge < -0.3 is 19.5 Å². The van der Waals surface area contributed by atoms with E-state index in [2.05, 4.69) is 10.3 Å². The number of ether oxygens (including phenoxy) is 1. The summed E-state index contributed by atoms with van der Waals surface area (Å²) in [5.74, 6) is 0.369. The maximum atomic E-state index is 13.1. The average molecular weight is 444 g/mol. The molecule has 0 unspecified atom stereocenters. The van der Waals surface area contributed by atoms with E-state index < -0.39 is 0 Å². The van der Waals surface area contributed by atoms with Gasteiger partial charge in [0.15, 0.2) is 6.61 Å². The number of amides is 2. The molecule has 1 saturated heterocycles. The van der Waals surface area contributed by atoms with E-state index in [0.717, 1.165) is 12.1 Å². The van der Waals surface area contributed by atoms with Crippen molar-refractivity contribution in [3.63, 3.8) is 0 Å². The summed E-state index contributed by atoms with van der Waals surface area (Å²) in [6.45, 7) is 1.46. The number of nitrogens with one attached hydrogen (secondary N) is 1. The number of piperidine rings is 1. The van der Waals surface area contributed by atoms with Crippen LogP contribution >= 0.6 is 0 Å². The first-order valence-electron chi connectivity index (χ1n) is 11.0. The number of hydrogen-bond acceptors (Lipinski definition) is 5. The first-order chi connectivity index (χ1) is 16.1. The molecule has 1 N–H and O–H groups in total. The Balaban J connectivity index is 1.29. The highest BCUT2D eigenvalue weighted by Crippen LogP contribution is 2.35. The summed E-state index contributed by atoms with van der Waals surface area (Å²) in [5, 5.41) is 2.67. The number of fused-ring (bicyclic) bond motifs is 4. The van der Waals surface area contributed by atoms with Crippen LogP contribution in [0.1, 0.15) is 28.5 Å². The minimum atomic E-state index is -0.389. The fraction of sp³-hybridized carbons (Fsp3) is 0.280. The number of rotatable bonds is 5. The molecule has 5 rings (SSSR count). The van der Waals surface area contributed by atoms with Gasteiger partial charge in [-0.25, -0.2) is 0 Å². The molecule has 8 nitrogen and oxygen atoms in total. The molecule has 0 aliphatic carbocycles. The zero-order chi connectivity index (χ0) is 22.8. The number of aromatic nitrogens is 2. The fourth-order valence-corrected chi connectivity index (χ4v) is 4.71. The maximum Gasteiger partial charge on any atom is 0.274 e. The van der Waals surface area contributed by atoms with Gasteiger partial charge in [0.1, 0.15) is 17.1 Å². The van der Waals surface area contributed by atoms with Gasteiger partial charge in [-0.05, 0) is 48.7 Å². The number of pyridine rings is 2. The van der Waals surface area contributed by atoms with Crippen LogP contribution in [0.4, 0.5) is 5.69 Å². The predicted octanol–water partition coefficient (Wildman–Crippen LogP) is 2.52. The largest absolute Gasteiger partial charge is 0.484 e. The van der Waals surface area contributed by atoms with Crippen molar-refractivity contribution in [2.75, 3.05) is 25.0 Å². The Morgan fingerprint density at radius 3 is 2.61 bits per heavy atom. The van der Waals surface area contributed by atoms with Crippen LogP contribution < -0.4 is 15.6 Å². The molecule has 2 bridgehead atoms. The van der Waals surface area contributed by atoms with Crippen LogP contribution in [0.3, 0.4) is 0 Å². The smallest absolute Gasteiger partial charge is 0.274 e. The Morgan fingerprint density at radius 2 is 1.82 bits per heavy atom.